The van der Waals surface area contributed by atoms with Gasteiger partial charge in [0.2, 0.25) is 0 Å². The fourth-order valence-electron chi connectivity index (χ4n) is 1.38. The van der Waals surface area contributed by atoms with Crippen LogP contribution < -0.4 is 4.74 Å². The first-order valence-corrected chi connectivity index (χ1v) is 4.77. The van der Waals surface area contributed by atoms with E-state index in [1.54, 1.807) is 18.3 Å². The molecule has 6 heteroatoms. The largest absolute Gasteiger partial charge is 0.573 e. The highest BCUT2D eigenvalue weighted by Gasteiger charge is 2.31. The number of nitrogens with zero attached hydrogens (tertiary/aromatic N) is 2. The second-order valence-corrected chi connectivity index (χ2v) is 3.29. The Labute approximate surface area is 95.4 Å². The van der Waals surface area contributed by atoms with Crippen LogP contribution in [0.25, 0.3) is 0 Å². The number of alkyl halides is 3. The maximum atomic E-state index is 12.1. The molecule has 0 atom stereocenters. The van der Waals surface area contributed by atoms with Crippen molar-refractivity contribution in [1.82, 2.24) is 9.78 Å². The van der Waals surface area contributed by atoms with Crippen LogP contribution in [0, 0.1) is 6.07 Å². The number of ether oxygens (including phenoxy) is 1. The molecule has 0 aliphatic carbocycles. The second kappa shape index (κ2) is 4.48. The van der Waals surface area contributed by atoms with Gasteiger partial charge in [0.05, 0.1) is 12.7 Å². The molecule has 1 aromatic heterocycles. The maximum absolute atomic E-state index is 12.1. The maximum Gasteiger partial charge on any atom is 0.573 e. The van der Waals surface area contributed by atoms with Crippen molar-refractivity contribution in [3.8, 4) is 5.75 Å². The standard InChI is InChI=1S/C11H8F3N2O/c12-11(13,14)17-10-5-2-1-4-9(10)8-16-7-3-6-15-16/h1-2,4-7H,8H2. The lowest BCUT2D eigenvalue weighted by molar-refractivity contribution is -0.274. The Balaban J connectivity index is 2.22. The van der Waals surface area contributed by atoms with E-state index in [2.05, 4.69) is 15.9 Å². The van der Waals surface area contributed by atoms with E-state index in [1.165, 1.54) is 23.0 Å². The zero-order chi connectivity index (χ0) is 12.3. The fourth-order valence-corrected chi connectivity index (χ4v) is 1.38. The molecule has 2 aromatic rings. The summed E-state index contributed by atoms with van der Waals surface area (Å²) in [5.41, 5.74) is 0.405. The van der Waals surface area contributed by atoms with E-state index in [4.69, 9.17) is 0 Å². The highest BCUT2D eigenvalue weighted by molar-refractivity contribution is 5.33. The number of rotatable bonds is 3. The van der Waals surface area contributed by atoms with Crippen LogP contribution in [0.1, 0.15) is 5.56 Å². The van der Waals surface area contributed by atoms with Crippen molar-refractivity contribution in [1.29, 1.82) is 0 Å². The molecule has 0 unspecified atom stereocenters. The highest BCUT2D eigenvalue weighted by Crippen LogP contribution is 2.26. The first kappa shape index (κ1) is 11.5. The topological polar surface area (TPSA) is 27.1 Å². The molecule has 1 aromatic carbocycles. The molecule has 17 heavy (non-hydrogen) atoms. The average Bonchev–Trinajstić information content (AvgIpc) is 2.71. The van der Waals surface area contributed by atoms with Crippen molar-refractivity contribution in [2.24, 2.45) is 0 Å². The Hall–Kier alpha value is -1.98. The van der Waals surface area contributed by atoms with Gasteiger partial charge in [0.15, 0.2) is 0 Å². The lowest BCUT2D eigenvalue weighted by Crippen LogP contribution is -2.18. The van der Waals surface area contributed by atoms with E-state index >= 15 is 0 Å². The Morgan fingerprint density at radius 3 is 2.71 bits per heavy atom. The third-order valence-electron chi connectivity index (χ3n) is 2.03. The van der Waals surface area contributed by atoms with E-state index in [-0.39, 0.29) is 12.3 Å². The fraction of sp³-hybridized carbons (Fsp3) is 0.182. The minimum absolute atomic E-state index is 0.204. The number of hydrogen-bond acceptors (Lipinski definition) is 2. The van der Waals surface area contributed by atoms with Gasteiger partial charge in [-0.15, -0.1) is 13.2 Å². The Morgan fingerprint density at radius 2 is 2.06 bits per heavy atom. The summed E-state index contributed by atoms with van der Waals surface area (Å²) in [6.07, 6.45) is -1.70. The number of benzene rings is 1. The minimum Gasteiger partial charge on any atom is -0.405 e. The van der Waals surface area contributed by atoms with E-state index in [9.17, 15) is 13.2 Å². The zero-order valence-corrected chi connectivity index (χ0v) is 8.61. The van der Waals surface area contributed by atoms with Crippen molar-refractivity contribution in [2.45, 2.75) is 12.9 Å². The van der Waals surface area contributed by atoms with Gasteiger partial charge in [0, 0.05) is 17.8 Å². The summed E-state index contributed by atoms with van der Waals surface area (Å²) in [5.74, 6) is -0.212. The molecular formula is C11H8F3N2O. The molecule has 2 rings (SSSR count). The van der Waals surface area contributed by atoms with E-state index in [0.717, 1.165) is 0 Å². The average molecular weight is 241 g/mol. The summed E-state index contributed by atoms with van der Waals surface area (Å²) in [4.78, 5) is 0. The van der Waals surface area contributed by atoms with E-state index in [1.807, 2.05) is 0 Å². The molecule has 0 spiro atoms. The molecule has 0 bridgehead atoms. The SMILES string of the molecule is FC(F)(F)Oc1ccccc1Cn1c[c]cn1. The molecule has 0 amide bonds. The predicted octanol–water partition coefficient (Wildman–Crippen LogP) is 2.63. The molecule has 3 nitrogen and oxygen atoms in total. The number of halogens is 3. The van der Waals surface area contributed by atoms with Crippen LogP contribution in [0.15, 0.2) is 36.7 Å². The molecular weight excluding hydrogens is 233 g/mol. The van der Waals surface area contributed by atoms with Crippen LogP contribution >= 0.6 is 0 Å². The van der Waals surface area contributed by atoms with Crippen LogP contribution in [0.4, 0.5) is 13.2 Å². The molecule has 0 aliphatic rings. The summed E-state index contributed by atoms with van der Waals surface area (Å²) in [5, 5.41) is 3.87. The summed E-state index contributed by atoms with van der Waals surface area (Å²) >= 11 is 0. The smallest absolute Gasteiger partial charge is 0.405 e. The van der Waals surface area contributed by atoms with Crippen LogP contribution in [-0.2, 0) is 6.54 Å². The first-order valence-electron chi connectivity index (χ1n) is 4.77. The molecule has 0 aliphatic heterocycles. The molecule has 0 N–H and O–H groups in total. The van der Waals surface area contributed by atoms with Crippen LogP contribution in [-0.4, -0.2) is 16.1 Å². The molecule has 89 valence electrons. The van der Waals surface area contributed by atoms with Gasteiger partial charge in [-0.1, -0.05) is 18.2 Å². The van der Waals surface area contributed by atoms with Gasteiger partial charge >= 0.3 is 6.36 Å². The lowest BCUT2D eigenvalue weighted by Gasteiger charge is -2.12. The van der Waals surface area contributed by atoms with Crippen LogP contribution in [0.3, 0.4) is 0 Å². The van der Waals surface area contributed by atoms with Crippen molar-refractivity contribution in [3.05, 3.63) is 48.3 Å². The van der Waals surface area contributed by atoms with E-state index in [0.29, 0.717) is 5.56 Å². The van der Waals surface area contributed by atoms with Gasteiger partial charge in [-0.3, -0.25) is 4.68 Å². The second-order valence-electron chi connectivity index (χ2n) is 3.29. The molecule has 0 saturated heterocycles. The van der Waals surface area contributed by atoms with Gasteiger partial charge in [-0.05, 0) is 6.07 Å². The summed E-state index contributed by atoms with van der Waals surface area (Å²) < 4.78 is 41.8. The van der Waals surface area contributed by atoms with Crippen molar-refractivity contribution in [2.75, 3.05) is 0 Å². The quantitative estimate of drug-likeness (QED) is 0.825. The van der Waals surface area contributed by atoms with Gasteiger partial charge in [0.1, 0.15) is 5.75 Å². The zero-order valence-electron chi connectivity index (χ0n) is 8.61. The molecule has 1 radical (unpaired) electrons. The summed E-state index contributed by atoms with van der Waals surface area (Å²) in [7, 11) is 0. The molecule has 0 saturated carbocycles. The monoisotopic (exact) mass is 241 g/mol. The number of para-hydroxylation sites is 1. The normalized spacial score (nSPS) is 11.5. The molecule has 0 fully saturated rings. The van der Waals surface area contributed by atoms with Crippen molar-refractivity contribution >= 4 is 0 Å². The van der Waals surface area contributed by atoms with E-state index < -0.39 is 6.36 Å². The lowest BCUT2D eigenvalue weighted by atomic mass is 10.2. The van der Waals surface area contributed by atoms with Gasteiger partial charge < -0.3 is 4.74 Å². The Bertz CT molecular complexity index is 480. The van der Waals surface area contributed by atoms with Gasteiger partial charge in [-0.25, -0.2) is 0 Å². The van der Waals surface area contributed by atoms with Crippen molar-refractivity contribution in [3.63, 3.8) is 0 Å². The van der Waals surface area contributed by atoms with Crippen molar-refractivity contribution < 1.29 is 17.9 Å². The summed E-state index contributed by atoms with van der Waals surface area (Å²) in [6.45, 7) is 0.204. The Kier molecular flexibility index (Phi) is 3.03. The predicted molar refractivity (Wildman–Crippen MR) is 53.3 cm³/mol. The highest BCUT2D eigenvalue weighted by atomic mass is 19.4. The third-order valence-corrected chi connectivity index (χ3v) is 2.03. The minimum atomic E-state index is -4.69. The van der Waals surface area contributed by atoms with Crippen LogP contribution in [0.5, 0.6) is 5.75 Å². The molecule has 1 heterocycles. The van der Waals surface area contributed by atoms with Gasteiger partial charge in [-0.2, -0.15) is 5.10 Å². The van der Waals surface area contributed by atoms with Crippen LogP contribution in [0.2, 0.25) is 0 Å². The first-order chi connectivity index (χ1) is 8.04. The summed E-state index contributed by atoms with van der Waals surface area (Å²) in [6, 6.07) is 8.67. The Morgan fingerprint density at radius 1 is 1.29 bits per heavy atom. The third kappa shape index (κ3) is 3.24. The van der Waals surface area contributed by atoms with Gasteiger partial charge in [0.25, 0.3) is 0 Å². The number of hydrogen-bond donors (Lipinski definition) is 0. The number of aromatic nitrogens is 2.